The predicted octanol–water partition coefficient (Wildman–Crippen LogP) is 2.59. The summed E-state index contributed by atoms with van der Waals surface area (Å²) in [6, 6.07) is 3.81. The van der Waals surface area contributed by atoms with Crippen molar-refractivity contribution in [2.24, 2.45) is 4.99 Å². The normalized spacial score (nSPS) is 10.8. The van der Waals surface area contributed by atoms with Crippen molar-refractivity contribution in [2.45, 2.75) is 26.9 Å². The number of benzene rings is 1. The van der Waals surface area contributed by atoms with Gasteiger partial charge >= 0.3 is 0 Å². The van der Waals surface area contributed by atoms with Crippen molar-refractivity contribution in [3.8, 4) is 17.2 Å². The second-order valence-corrected chi connectivity index (χ2v) is 5.94. The van der Waals surface area contributed by atoms with Crippen LogP contribution in [0.4, 0.5) is 0 Å². The SMILES string of the molecule is CCNC(=NCc1cc(OC)c(OC)c(OC)c1)NCCn1cc(C)cn1.I. The van der Waals surface area contributed by atoms with Crippen LogP contribution in [-0.2, 0) is 13.1 Å². The zero-order valence-corrected chi connectivity index (χ0v) is 19.4. The highest BCUT2D eigenvalue weighted by atomic mass is 127. The number of aryl methyl sites for hydroxylation is 1. The molecule has 2 aromatic rings. The van der Waals surface area contributed by atoms with Crippen LogP contribution in [0.15, 0.2) is 29.5 Å². The van der Waals surface area contributed by atoms with E-state index in [0.717, 1.165) is 36.7 Å². The van der Waals surface area contributed by atoms with Crippen LogP contribution >= 0.6 is 24.0 Å². The van der Waals surface area contributed by atoms with E-state index in [4.69, 9.17) is 14.2 Å². The van der Waals surface area contributed by atoms with Crippen molar-refractivity contribution >= 4 is 29.9 Å². The van der Waals surface area contributed by atoms with Gasteiger partial charge in [0.2, 0.25) is 5.75 Å². The van der Waals surface area contributed by atoms with Gasteiger partial charge in [0.1, 0.15) is 0 Å². The molecule has 0 aliphatic carbocycles. The van der Waals surface area contributed by atoms with Gasteiger partial charge in [-0.15, -0.1) is 24.0 Å². The van der Waals surface area contributed by atoms with Crippen molar-refractivity contribution in [2.75, 3.05) is 34.4 Å². The van der Waals surface area contributed by atoms with Crippen molar-refractivity contribution in [1.82, 2.24) is 20.4 Å². The standard InChI is InChI=1S/C19H29N5O3.HI/c1-6-20-19(21-7-8-24-13-14(2)11-23-24)22-12-15-9-16(25-3)18(27-5)17(10-15)26-4;/h9-11,13H,6-8,12H2,1-5H3,(H2,20,21,22);1H. The Morgan fingerprint density at radius 3 is 2.29 bits per heavy atom. The van der Waals surface area contributed by atoms with Gasteiger partial charge < -0.3 is 24.8 Å². The third kappa shape index (κ3) is 6.77. The summed E-state index contributed by atoms with van der Waals surface area (Å²) in [6.45, 7) is 6.81. The molecule has 9 heteroatoms. The Balaban J connectivity index is 0.00000392. The fourth-order valence-electron chi connectivity index (χ4n) is 2.62. The maximum Gasteiger partial charge on any atom is 0.203 e. The van der Waals surface area contributed by atoms with E-state index < -0.39 is 0 Å². The molecule has 0 saturated carbocycles. The average molecular weight is 503 g/mol. The molecule has 1 aromatic carbocycles. The highest BCUT2D eigenvalue weighted by molar-refractivity contribution is 14.0. The number of methoxy groups -OCH3 is 3. The molecule has 0 bridgehead atoms. The van der Waals surface area contributed by atoms with Crippen molar-refractivity contribution in [3.05, 3.63) is 35.7 Å². The number of nitrogens with zero attached hydrogens (tertiary/aromatic N) is 3. The van der Waals surface area contributed by atoms with Gasteiger partial charge in [-0.2, -0.15) is 5.10 Å². The smallest absolute Gasteiger partial charge is 0.203 e. The van der Waals surface area contributed by atoms with Gasteiger partial charge in [-0.25, -0.2) is 4.99 Å². The number of rotatable bonds is 9. The van der Waals surface area contributed by atoms with Crippen molar-refractivity contribution < 1.29 is 14.2 Å². The van der Waals surface area contributed by atoms with E-state index >= 15 is 0 Å². The van der Waals surface area contributed by atoms with Gasteiger partial charge in [-0.3, -0.25) is 4.68 Å². The molecule has 0 aliphatic rings. The Hall–Kier alpha value is -2.17. The maximum atomic E-state index is 5.40. The molecule has 0 amide bonds. The quantitative estimate of drug-likeness (QED) is 0.311. The van der Waals surface area contributed by atoms with Gasteiger partial charge in [-0.1, -0.05) is 0 Å². The molecule has 0 aliphatic heterocycles. The van der Waals surface area contributed by atoms with Gasteiger partial charge in [0.05, 0.1) is 40.6 Å². The number of guanidine groups is 1. The Bertz CT molecular complexity index is 739. The van der Waals surface area contributed by atoms with E-state index in [-0.39, 0.29) is 24.0 Å². The lowest BCUT2D eigenvalue weighted by molar-refractivity contribution is 0.324. The summed E-state index contributed by atoms with van der Waals surface area (Å²) < 4.78 is 18.1. The summed E-state index contributed by atoms with van der Waals surface area (Å²) in [6.07, 6.45) is 3.87. The van der Waals surface area contributed by atoms with Crippen molar-refractivity contribution in [3.63, 3.8) is 0 Å². The summed E-state index contributed by atoms with van der Waals surface area (Å²) in [4.78, 5) is 4.64. The number of hydrogen-bond donors (Lipinski definition) is 2. The van der Waals surface area contributed by atoms with Crippen LogP contribution in [0, 0.1) is 6.92 Å². The molecule has 8 nitrogen and oxygen atoms in total. The monoisotopic (exact) mass is 503 g/mol. The first kappa shape index (κ1) is 23.9. The van der Waals surface area contributed by atoms with Crippen LogP contribution in [0.2, 0.25) is 0 Å². The molecule has 2 rings (SSSR count). The van der Waals surface area contributed by atoms with Gasteiger partial charge in [-0.05, 0) is 37.1 Å². The lowest BCUT2D eigenvalue weighted by atomic mass is 10.2. The molecule has 0 atom stereocenters. The molecule has 1 aromatic heterocycles. The number of aliphatic imine (C=N–C) groups is 1. The minimum Gasteiger partial charge on any atom is -0.493 e. The molecule has 0 radical (unpaired) electrons. The molecule has 0 unspecified atom stereocenters. The minimum atomic E-state index is 0. The fourth-order valence-corrected chi connectivity index (χ4v) is 2.62. The molecule has 156 valence electrons. The lowest BCUT2D eigenvalue weighted by Gasteiger charge is -2.14. The highest BCUT2D eigenvalue weighted by Gasteiger charge is 2.13. The average Bonchev–Trinajstić information content (AvgIpc) is 3.10. The zero-order valence-electron chi connectivity index (χ0n) is 17.1. The van der Waals surface area contributed by atoms with E-state index in [1.54, 1.807) is 21.3 Å². The van der Waals surface area contributed by atoms with E-state index in [2.05, 4.69) is 20.7 Å². The first-order valence-electron chi connectivity index (χ1n) is 8.91. The Morgan fingerprint density at radius 2 is 1.79 bits per heavy atom. The largest absolute Gasteiger partial charge is 0.493 e. The zero-order chi connectivity index (χ0) is 19.6. The molecular weight excluding hydrogens is 473 g/mol. The van der Waals surface area contributed by atoms with Crippen LogP contribution in [-0.4, -0.2) is 50.2 Å². The fraction of sp³-hybridized carbons (Fsp3) is 0.474. The molecule has 0 saturated heterocycles. The number of aromatic nitrogens is 2. The Morgan fingerprint density at radius 1 is 1.11 bits per heavy atom. The molecule has 1 heterocycles. The van der Waals surface area contributed by atoms with Crippen LogP contribution in [0.5, 0.6) is 17.2 Å². The molecular formula is C19H30IN5O3. The van der Waals surface area contributed by atoms with E-state index in [9.17, 15) is 0 Å². The van der Waals surface area contributed by atoms with Crippen LogP contribution in [0.1, 0.15) is 18.1 Å². The molecule has 0 spiro atoms. The first-order chi connectivity index (χ1) is 13.1. The van der Waals surface area contributed by atoms with Gasteiger partial charge in [0.15, 0.2) is 17.5 Å². The van der Waals surface area contributed by atoms with Crippen LogP contribution in [0.25, 0.3) is 0 Å². The van der Waals surface area contributed by atoms with Crippen LogP contribution in [0.3, 0.4) is 0 Å². The van der Waals surface area contributed by atoms with Gasteiger partial charge in [0.25, 0.3) is 0 Å². The van der Waals surface area contributed by atoms with Gasteiger partial charge in [0, 0.05) is 19.3 Å². The first-order valence-corrected chi connectivity index (χ1v) is 8.91. The Kier molecular flexibility index (Phi) is 10.5. The summed E-state index contributed by atoms with van der Waals surface area (Å²) in [7, 11) is 4.80. The maximum absolute atomic E-state index is 5.40. The third-order valence-electron chi connectivity index (χ3n) is 3.88. The van der Waals surface area contributed by atoms with Crippen molar-refractivity contribution in [1.29, 1.82) is 0 Å². The molecule has 2 N–H and O–H groups in total. The third-order valence-corrected chi connectivity index (χ3v) is 3.88. The topological polar surface area (TPSA) is 81.9 Å². The number of halogens is 1. The second-order valence-electron chi connectivity index (χ2n) is 5.94. The minimum absolute atomic E-state index is 0. The predicted molar refractivity (Wildman–Crippen MR) is 121 cm³/mol. The lowest BCUT2D eigenvalue weighted by Crippen LogP contribution is -2.38. The van der Waals surface area contributed by atoms with E-state index in [1.165, 1.54) is 0 Å². The number of ether oxygens (including phenoxy) is 3. The summed E-state index contributed by atoms with van der Waals surface area (Å²) in [5.74, 6) is 2.56. The summed E-state index contributed by atoms with van der Waals surface area (Å²) >= 11 is 0. The number of hydrogen-bond acceptors (Lipinski definition) is 5. The summed E-state index contributed by atoms with van der Waals surface area (Å²) in [5, 5.41) is 10.8. The van der Waals surface area contributed by atoms with Crippen LogP contribution < -0.4 is 24.8 Å². The van der Waals surface area contributed by atoms with E-state index in [0.29, 0.717) is 23.8 Å². The molecule has 0 fully saturated rings. The highest BCUT2D eigenvalue weighted by Crippen LogP contribution is 2.38. The second kappa shape index (κ2) is 12.3. The molecule has 28 heavy (non-hydrogen) atoms. The van der Waals surface area contributed by atoms with E-state index in [1.807, 2.05) is 43.1 Å². The summed E-state index contributed by atoms with van der Waals surface area (Å²) in [5.41, 5.74) is 2.11. The Labute approximate surface area is 183 Å². The number of nitrogens with one attached hydrogen (secondary N) is 2.